The molecule has 0 aliphatic heterocycles. The Bertz CT molecular complexity index is 699. The third-order valence-electron chi connectivity index (χ3n) is 2.86. The second-order valence-electron chi connectivity index (χ2n) is 4.30. The van der Waals surface area contributed by atoms with Gasteiger partial charge in [-0.25, -0.2) is 4.98 Å². The lowest BCUT2D eigenvalue weighted by molar-refractivity contribution is 0.0946. The molecule has 0 radical (unpaired) electrons. The summed E-state index contributed by atoms with van der Waals surface area (Å²) < 4.78 is 5.30. The van der Waals surface area contributed by atoms with Gasteiger partial charge < -0.3 is 14.7 Å². The Morgan fingerprint density at radius 2 is 2.40 bits per heavy atom. The third-order valence-corrected chi connectivity index (χ3v) is 3.84. The van der Waals surface area contributed by atoms with Gasteiger partial charge in [0.05, 0.1) is 6.26 Å². The Kier molecular flexibility index (Phi) is 3.39. The molecule has 0 aliphatic carbocycles. The van der Waals surface area contributed by atoms with Crippen LogP contribution in [-0.2, 0) is 6.54 Å². The van der Waals surface area contributed by atoms with Gasteiger partial charge in [-0.05, 0) is 30.7 Å². The normalized spacial score (nSPS) is 10.7. The standard InChI is InChI=1S/C14H13N3O2S/c1-9-12(13(18)16-8-10-4-5-15-7-10)17-14(20-9)11-3-2-6-19-11/h2-7,15H,8H2,1H3,(H,16,18). The summed E-state index contributed by atoms with van der Waals surface area (Å²) in [4.78, 5) is 20.3. The van der Waals surface area contributed by atoms with Gasteiger partial charge in [-0.2, -0.15) is 0 Å². The van der Waals surface area contributed by atoms with Crippen LogP contribution in [0.15, 0.2) is 41.3 Å². The molecular weight excluding hydrogens is 274 g/mol. The zero-order chi connectivity index (χ0) is 13.9. The van der Waals surface area contributed by atoms with Crippen LogP contribution in [-0.4, -0.2) is 15.9 Å². The van der Waals surface area contributed by atoms with E-state index in [0.29, 0.717) is 18.0 Å². The minimum Gasteiger partial charge on any atom is -0.462 e. The van der Waals surface area contributed by atoms with Crippen LogP contribution < -0.4 is 5.32 Å². The lowest BCUT2D eigenvalue weighted by atomic mass is 10.3. The van der Waals surface area contributed by atoms with Crippen LogP contribution in [0.25, 0.3) is 10.8 Å². The summed E-state index contributed by atoms with van der Waals surface area (Å²) in [5.74, 6) is 0.514. The van der Waals surface area contributed by atoms with Gasteiger partial charge in [0.2, 0.25) is 0 Å². The average molecular weight is 287 g/mol. The van der Waals surface area contributed by atoms with Gasteiger partial charge in [0, 0.05) is 23.8 Å². The number of amides is 1. The number of rotatable bonds is 4. The van der Waals surface area contributed by atoms with Crippen LogP contribution in [0.1, 0.15) is 20.9 Å². The fraction of sp³-hybridized carbons (Fsp3) is 0.143. The largest absolute Gasteiger partial charge is 0.462 e. The predicted molar refractivity (Wildman–Crippen MR) is 76.5 cm³/mol. The van der Waals surface area contributed by atoms with E-state index in [1.54, 1.807) is 12.3 Å². The lowest BCUT2D eigenvalue weighted by Crippen LogP contribution is -2.23. The van der Waals surface area contributed by atoms with Crippen molar-refractivity contribution in [1.29, 1.82) is 0 Å². The highest BCUT2D eigenvalue weighted by Crippen LogP contribution is 2.27. The summed E-state index contributed by atoms with van der Waals surface area (Å²) in [6.07, 6.45) is 5.27. The number of carbonyl (C=O) groups is 1. The zero-order valence-corrected chi connectivity index (χ0v) is 11.7. The number of hydrogen-bond acceptors (Lipinski definition) is 4. The topological polar surface area (TPSA) is 70.9 Å². The zero-order valence-electron chi connectivity index (χ0n) is 10.8. The van der Waals surface area contributed by atoms with Crippen molar-refractivity contribution in [2.24, 2.45) is 0 Å². The molecule has 0 unspecified atom stereocenters. The van der Waals surface area contributed by atoms with Crippen LogP contribution in [0.2, 0.25) is 0 Å². The molecule has 20 heavy (non-hydrogen) atoms. The first-order valence-electron chi connectivity index (χ1n) is 6.15. The van der Waals surface area contributed by atoms with Crippen molar-refractivity contribution < 1.29 is 9.21 Å². The van der Waals surface area contributed by atoms with Crippen molar-refractivity contribution in [3.63, 3.8) is 0 Å². The first-order valence-corrected chi connectivity index (χ1v) is 6.97. The maximum absolute atomic E-state index is 12.1. The van der Waals surface area contributed by atoms with Crippen LogP contribution in [0.4, 0.5) is 0 Å². The van der Waals surface area contributed by atoms with Gasteiger partial charge in [-0.15, -0.1) is 11.3 Å². The van der Waals surface area contributed by atoms with E-state index in [1.165, 1.54) is 11.3 Å². The summed E-state index contributed by atoms with van der Waals surface area (Å²) in [6, 6.07) is 5.56. The van der Waals surface area contributed by atoms with Gasteiger partial charge in [0.1, 0.15) is 5.69 Å². The second-order valence-corrected chi connectivity index (χ2v) is 5.51. The monoisotopic (exact) mass is 287 g/mol. The van der Waals surface area contributed by atoms with Crippen molar-refractivity contribution in [3.05, 3.63) is 53.0 Å². The average Bonchev–Trinajstić information content (AvgIpc) is 3.17. The Balaban J connectivity index is 1.75. The van der Waals surface area contributed by atoms with E-state index in [0.717, 1.165) is 15.4 Å². The molecule has 3 aromatic rings. The van der Waals surface area contributed by atoms with Gasteiger partial charge in [-0.1, -0.05) is 0 Å². The van der Waals surface area contributed by atoms with Crippen LogP contribution in [0.3, 0.4) is 0 Å². The molecule has 1 amide bonds. The smallest absolute Gasteiger partial charge is 0.271 e. The molecule has 3 rings (SSSR count). The minimum atomic E-state index is -0.169. The highest BCUT2D eigenvalue weighted by atomic mass is 32.1. The maximum atomic E-state index is 12.1. The number of aryl methyl sites for hydroxylation is 1. The van der Waals surface area contributed by atoms with Crippen LogP contribution in [0.5, 0.6) is 0 Å². The van der Waals surface area contributed by atoms with Crippen LogP contribution in [0, 0.1) is 6.92 Å². The summed E-state index contributed by atoms with van der Waals surface area (Å²) in [7, 11) is 0. The van der Waals surface area contributed by atoms with Gasteiger partial charge in [-0.3, -0.25) is 4.79 Å². The van der Waals surface area contributed by atoms with E-state index in [4.69, 9.17) is 4.42 Å². The van der Waals surface area contributed by atoms with E-state index >= 15 is 0 Å². The van der Waals surface area contributed by atoms with Crippen molar-refractivity contribution in [3.8, 4) is 10.8 Å². The number of nitrogens with one attached hydrogen (secondary N) is 2. The second kappa shape index (κ2) is 5.34. The van der Waals surface area contributed by atoms with E-state index in [1.807, 2.05) is 31.5 Å². The van der Waals surface area contributed by atoms with Crippen molar-refractivity contribution in [2.45, 2.75) is 13.5 Å². The molecule has 5 nitrogen and oxygen atoms in total. The van der Waals surface area contributed by atoms with E-state index in [-0.39, 0.29) is 5.91 Å². The number of carbonyl (C=O) groups excluding carboxylic acids is 1. The number of H-pyrrole nitrogens is 1. The molecule has 0 fully saturated rings. The number of nitrogens with zero attached hydrogens (tertiary/aromatic N) is 1. The molecule has 3 heterocycles. The first kappa shape index (κ1) is 12.7. The molecule has 2 N–H and O–H groups in total. The number of thiazole rings is 1. The number of furan rings is 1. The third kappa shape index (κ3) is 2.50. The number of hydrogen-bond donors (Lipinski definition) is 2. The van der Waals surface area contributed by atoms with E-state index in [9.17, 15) is 4.79 Å². The van der Waals surface area contributed by atoms with Crippen molar-refractivity contribution in [2.75, 3.05) is 0 Å². The Hall–Kier alpha value is -2.34. The quantitative estimate of drug-likeness (QED) is 0.775. The number of aromatic amines is 1. The van der Waals surface area contributed by atoms with Crippen molar-refractivity contribution in [1.82, 2.24) is 15.3 Å². The fourth-order valence-electron chi connectivity index (χ4n) is 1.85. The SMILES string of the molecule is Cc1sc(-c2ccco2)nc1C(=O)NCc1cc[nH]c1. The van der Waals surface area contributed by atoms with Gasteiger partial charge in [0.25, 0.3) is 5.91 Å². The molecular formula is C14H13N3O2S. The van der Waals surface area contributed by atoms with Gasteiger partial charge in [0.15, 0.2) is 10.8 Å². The molecule has 0 bridgehead atoms. The molecule has 0 saturated carbocycles. The molecule has 0 aromatic carbocycles. The molecule has 0 atom stereocenters. The molecule has 0 saturated heterocycles. The Morgan fingerprint density at radius 1 is 1.50 bits per heavy atom. The minimum absolute atomic E-state index is 0.169. The number of aromatic nitrogens is 2. The lowest BCUT2D eigenvalue weighted by Gasteiger charge is -2.01. The molecule has 3 aromatic heterocycles. The summed E-state index contributed by atoms with van der Waals surface area (Å²) in [5.41, 5.74) is 1.48. The van der Waals surface area contributed by atoms with Crippen LogP contribution >= 0.6 is 11.3 Å². The maximum Gasteiger partial charge on any atom is 0.271 e. The molecule has 0 spiro atoms. The molecule has 0 aliphatic rings. The summed E-state index contributed by atoms with van der Waals surface area (Å²) >= 11 is 1.45. The first-order chi connectivity index (χ1) is 9.74. The molecule has 102 valence electrons. The fourth-order valence-corrected chi connectivity index (χ4v) is 2.73. The predicted octanol–water partition coefficient (Wildman–Crippen LogP) is 2.97. The van der Waals surface area contributed by atoms with Crippen molar-refractivity contribution >= 4 is 17.2 Å². The highest BCUT2D eigenvalue weighted by molar-refractivity contribution is 7.15. The highest BCUT2D eigenvalue weighted by Gasteiger charge is 2.17. The Morgan fingerprint density at radius 3 is 3.10 bits per heavy atom. The summed E-state index contributed by atoms with van der Waals surface area (Å²) in [6.45, 7) is 2.37. The van der Waals surface area contributed by atoms with Gasteiger partial charge >= 0.3 is 0 Å². The molecule has 6 heteroatoms. The Labute approximate surface area is 119 Å². The van der Waals surface area contributed by atoms with E-state index < -0.39 is 0 Å². The van der Waals surface area contributed by atoms with E-state index in [2.05, 4.69) is 15.3 Å². The summed E-state index contributed by atoms with van der Waals surface area (Å²) in [5, 5.41) is 3.58.